The molecule has 4 heteroatoms. The molecule has 0 aromatic carbocycles. The number of nitrogens with zero attached hydrogens (tertiary/aromatic N) is 1. The third-order valence-electron chi connectivity index (χ3n) is 2.34. The van der Waals surface area contributed by atoms with Gasteiger partial charge in [0.1, 0.15) is 0 Å². The van der Waals surface area contributed by atoms with Crippen molar-refractivity contribution >= 4 is 11.9 Å². The largest absolute Gasteiger partial charge is 0.477 e. The summed E-state index contributed by atoms with van der Waals surface area (Å²) < 4.78 is -0.00463. The first-order valence-corrected chi connectivity index (χ1v) is 3.56. The molecule has 1 heterocycles. The van der Waals surface area contributed by atoms with Crippen LogP contribution in [0, 0.1) is 0 Å². The summed E-state index contributed by atoms with van der Waals surface area (Å²) in [5.41, 5.74) is 0. The van der Waals surface area contributed by atoms with Gasteiger partial charge in [-0.05, 0) is 0 Å². The maximum Gasteiger partial charge on any atom is 0.363 e. The molecule has 0 spiro atoms. The zero-order valence-corrected chi connectivity index (χ0v) is 6.70. The molecule has 1 aliphatic heterocycles. The Balaban J connectivity index is 2.87. The molecular formula is C7H12NO3+. The fraction of sp³-hybridized carbons (Fsp3) is 0.714. The summed E-state index contributed by atoms with van der Waals surface area (Å²) >= 11 is 0. The standard InChI is InChI=1S/C7H11NO3/c1-8(2)5(7(10)11)3-4-6(8)9/h5H,3-4H2,1-2H3/p+1. The lowest BCUT2D eigenvalue weighted by Crippen LogP contribution is -2.51. The molecule has 1 atom stereocenters. The van der Waals surface area contributed by atoms with Crippen LogP contribution in [-0.2, 0) is 9.59 Å². The second-order valence-corrected chi connectivity index (χ2v) is 3.33. The number of quaternary nitrogens is 1. The van der Waals surface area contributed by atoms with Gasteiger partial charge in [-0.3, -0.25) is 4.48 Å². The SMILES string of the molecule is C[N+]1(C)C(=O)CCC1C(=O)O. The van der Waals surface area contributed by atoms with E-state index >= 15 is 0 Å². The van der Waals surface area contributed by atoms with Gasteiger partial charge in [0.15, 0.2) is 6.04 Å². The molecule has 4 nitrogen and oxygen atoms in total. The Hall–Kier alpha value is -0.900. The van der Waals surface area contributed by atoms with Gasteiger partial charge >= 0.3 is 11.9 Å². The number of carbonyl (C=O) groups excluding carboxylic acids is 1. The highest BCUT2D eigenvalue weighted by Crippen LogP contribution is 2.23. The number of hydrogen-bond acceptors (Lipinski definition) is 2. The van der Waals surface area contributed by atoms with Crippen molar-refractivity contribution in [2.24, 2.45) is 0 Å². The van der Waals surface area contributed by atoms with Gasteiger partial charge in [-0.1, -0.05) is 0 Å². The molecule has 1 unspecified atom stereocenters. The Kier molecular flexibility index (Phi) is 1.72. The lowest BCUT2D eigenvalue weighted by Gasteiger charge is -2.25. The van der Waals surface area contributed by atoms with E-state index < -0.39 is 12.0 Å². The second kappa shape index (κ2) is 2.30. The number of carbonyl (C=O) groups is 2. The molecular weight excluding hydrogens is 146 g/mol. The van der Waals surface area contributed by atoms with Crippen LogP contribution >= 0.6 is 0 Å². The van der Waals surface area contributed by atoms with Crippen molar-refractivity contribution in [1.82, 2.24) is 0 Å². The second-order valence-electron chi connectivity index (χ2n) is 3.33. The average Bonchev–Trinajstić information content (AvgIpc) is 2.08. The van der Waals surface area contributed by atoms with E-state index in [0.29, 0.717) is 12.8 Å². The molecule has 1 rings (SSSR count). The van der Waals surface area contributed by atoms with Gasteiger partial charge < -0.3 is 5.11 Å². The average molecular weight is 158 g/mol. The molecule has 0 bridgehead atoms. The predicted molar refractivity (Wildman–Crippen MR) is 37.8 cm³/mol. The van der Waals surface area contributed by atoms with Crippen LogP contribution in [0.5, 0.6) is 0 Å². The molecule has 0 saturated carbocycles. The zero-order chi connectivity index (χ0) is 8.65. The number of amides is 1. The number of likely N-dealkylation sites (tertiary alicyclic amines) is 1. The molecule has 11 heavy (non-hydrogen) atoms. The quantitative estimate of drug-likeness (QED) is 0.539. The monoisotopic (exact) mass is 158 g/mol. The van der Waals surface area contributed by atoms with Crippen LogP contribution in [0.3, 0.4) is 0 Å². The summed E-state index contributed by atoms with van der Waals surface area (Å²) in [6.07, 6.45) is 0.866. The third-order valence-corrected chi connectivity index (χ3v) is 2.34. The molecule has 0 aromatic heterocycles. The number of carboxylic acids is 1. The molecule has 1 N–H and O–H groups in total. The van der Waals surface area contributed by atoms with Crippen LogP contribution in [0.15, 0.2) is 0 Å². The molecule has 1 amide bonds. The highest BCUT2D eigenvalue weighted by Gasteiger charge is 2.46. The molecule has 0 aliphatic carbocycles. The first-order chi connectivity index (χ1) is 4.96. The summed E-state index contributed by atoms with van der Waals surface area (Å²) in [5, 5.41) is 8.70. The fourth-order valence-electron chi connectivity index (χ4n) is 1.44. The van der Waals surface area contributed by atoms with Crippen LogP contribution in [0.4, 0.5) is 0 Å². The summed E-state index contributed by atoms with van der Waals surface area (Å²) in [6, 6.07) is -0.539. The minimum Gasteiger partial charge on any atom is -0.477 e. The highest BCUT2D eigenvalue weighted by atomic mass is 16.4. The first-order valence-electron chi connectivity index (χ1n) is 3.56. The number of likely N-dealkylation sites (N-methyl/N-ethyl adjacent to an activating group) is 1. The van der Waals surface area contributed by atoms with Crippen LogP contribution in [-0.4, -0.2) is 41.6 Å². The van der Waals surface area contributed by atoms with E-state index in [2.05, 4.69) is 0 Å². The molecule has 1 saturated heterocycles. The molecule has 0 aromatic rings. The van der Waals surface area contributed by atoms with E-state index in [-0.39, 0.29) is 10.4 Å². The Bertz CT molecular complexity index is 210. The molecule has 62 valence electrons. The van der Waals surface area contributed by atoms with Crippen LogP contribution in [0.25, 0.3) is 0 Å². The van der Waals surface area contributed by atoms with Gasteiger partial charge in [-0.2, -0.15) is 0 Å². The maximum absolute atomic E-state index is 11.1. The Morgan fingerprint density at radius 1 is 1.64 bits per heavy atom. The molecule has 1 aliphatic rings. The topological polar surface area (TPSA) is 54.4 Å². The number of aliphatic carboxylic acids is 1. The predicted octanol–water partition coefficient (Wildman–Crippen LogP) is -0.164. The highest BCUT2D eigenvalue weighted by molar-refractivity contribution is 5.80. The normalized spacial score (nSPS) is 28.9. The Labute approximate surface area is 65.0 Å². The van der Waals surface area contributed by atoms with Gasteiger partial charge in [0, 0.05) is 6.42 Å². The van der Waals surface area contributed by atoms with E-state index in [1.54, 1.807) is 14.1 Å². The summed E-state index contributed by atoms with van der Waals surface area (Å²) in [6.45, 7) is 0. The van der Waals surface area contributed by atoms with Crippen LogP contribution in [0.2, 0.25) is 0 Å². The number of rotatable bonds is 1. The Morgan fingerprint density at radius 2 is 2.18 bits per heavy atom. The van der Waals surface area contributed by atoms with Crippen molar-refractivity contribution in [3.05, 3.63) is 0 Å². The summed E-state index contributed by atoms with van der Waals surface area (Å²) in [7, 11) is 3.29. The van der Waals surface area contributed by atoms with Crippen molar-refractivity contribution in [2.75, 3.05) is 14.1 Å². The smallest absolute Gasteiger partial charge is 0.363 e. The summed E-state index contributed by atoms with van der Waals surface area (Å²) in [5.74, 6) is -0.863. The maximum atomic E-state index is 11.1. The van der Waals surface area contributed by atoms with Gasteiger partial charge in [0.05, 0.1) is 20.5 Å². The number of hydrogen-bond donors (Lipinski definition) is 1. The third kappa shape index (κ3) is 1.14. The van der Waals surface area contributed by atoms with Crippen LogP contribution < -0.4 is 0 Å². The van der Waals surface area contributed by atoms with Crippen molar-refractivity contribution in [1.29, 1.82) is 0 Å². The minimum atomic E-state index is -0.874. The van der Waals surface area contributed by atoms with Gasteiger partial charge in [-0.25, -0.2) is 9.59 Å². The van der Waals surface area contributed by atoms with Crippen molar-refractivity contribution in [3.8, 4) is 0 Å². The Morgan fingerprint density at radius 3 is 2.36 bits per heavy atom. The lowest BCUT2D eigenvalue weighted by atomic mass is 10.2. The zero-order valence-electron chi connectivity index (χ0n) is 6.70. The minimum absolute atomic E-state index is 0.00463. The lowest BCUT2D eigenvalue weighted by molar-refractivity contribution is -0.822. The van der Waals surface area contributed by atoms with Gasteiger partial charge in [0.2, 0.25) is 0 Å². The molecule has 1 fully saturated rings. The van der Waals surface area contributed by atoms with Gasteiger partial charge in [0.25, 0.3) is 0 Å². The van der Waals surface area contributed by atoms with Gasteiger partial charge in [-0.15, -0.1) is 0 Å². The van der Waals surface area contributed by atoms with Crippen molar-refractivity contribution < 1.29 is 19.2 Å². The first kappa shape index (κ1) is 8.20. The molecule has 0 radical (unpaired) electrons. The van der Waals surface area contributed by atoms with Crippen molar-refractivity contribution in [2.45, 2.75) is 18.9 Å². The van der Waals surface area contributed by atoms with E-state index in [4.69, 9.17) is 5.11 Å². The van der Waals surface area contributed by atoms with E-state index in [1.807, 2.05) is 0 Å². The van der Waals surface area contributed by atoms with Crippen molar-refractivity contribution in [3.63, 3.8) is 0 Å². The van der Waals surface area contributed by atoms with E-state index in [1.165, 1.54) is 0 Å². The van der Waals surface area contributed by atoms with Crippen LogP contribution in [0.1, 0.15) is 12.8 Å². The summed E-state index contributed by atoms with van der Waals surface area (Å²) in [4.78, 5) is 21.7. The number of carboxylic acid groups (broad SMARTS) is 1. The fourth-order valence-corrected chi connectivity index (χ4v) is 1.44. The van der Waals surface area contributed by atoms with E-state index in [9.17, 15) is 9.59 Å². The van der Waals surface area contributed by atoms with E-state index in [0.717, 1.165) is 0 Å².